The number of nitrogen functional groups attached to an aromatic ring is 1. The van der Waals surface area contributed by atoms with Gasteiger partial charge >= 0.3 is 0 Å². The molecular weight excluding hydrogens is 210 g/mol. The van der Waals surface area contributed by atoms with E-state index in [1.165, 1.54) is 5.56 Å². The average molecular weight is 229 g/mol. The van der Waals surface area contributed by atoms with Crippen LogP contribution in [0.3, 0.4) is 0 Å². The Hall–Kier alpha value is -1.64. The number of nitrogens with two attached hydrogens (primary N) is 1. The Bertz CT molecular complexity index is 532. The molecule has 0 saturated carbocycles. The van der Waals surface area contributed by atoms with Crippen molar-refractivity contribution < 1.29 is 0 Å². The van der Waals surface area contributed by atoms with E-state index in [0.717, 1.165) is 29.6 Å². The first-order valence-electron chi connectivity index (χ1n) is 6.18. The van der Waals surface area contributed by atoms with E-state index in [9.17, 15) is 0 Å². The molecule has 3 heteroatoms. The second-order valence-electron chi connectivity index (χ2n) is 4.72. The molecule has 0 spiro atoms. The predicted molar refractivity (Wildman–Crippen MR) is 72.0 cm³/mol. The summed E-state index contributed by atoms with van der Waals surface area (Å²) in [6.45, 7) is 6.32. The summed E-state index contributed by atoms with van der Waals surface area (Å²) in [5.74, 6) is 1.71. The van der Waals surface area contributed by atoms with Gasteiger partial charge in [0.25, 0.3) is 0 Å². The highest BCUT2D eigenvalue weighted by Gasteiger charge is 2.08. The lowest BCUT2D eigenvalue weighted by Crippen LogP contribution is -2.03. The van der Waals surface area contributed by atoms with Gasteiger partial charge in [-0.15, -0.1) is 0 Å². The largest absolute Gasteiger partial charge is 0.383 e. The maximum atomic E-state index is 6.01. The van der Waals surface area contributed by atoms with Crippen LogP contribution in [0.1, 0.15) is 44.5 Å². The number of anilines is 1. The van der Waals surface area contributed by atoms with E-state index in [2.05, 4.69) is 42.9 Å². The molecule has 3 nitrogen and oxygen atoms in total. The molecule has 0 fully saturated rings. The highest BCUT2D eigenvalue weighted by molar-refractivity contribution is 5.88. The first-order chi connectivity index (χ1) is 8.11. The standard InChI is InChI=1S/C14H19N3/c1-4-5-10-6-7-12-11(8-10)13(15)17-14(16-12)9(2)3/h6-9H,4-5H2,1-3H3,(H2,15,16,17). The average Bonchev–Trinajstić information content (AvgIpc) is 2.30. The second kappa shape index (κ2) is 4.70. The summed E-state index contributed by atoms with van der Waals surface area (Å²) in [5.41, 5.74) is 8.25. The minimum Gasteiger partial charge on any atom is -0.383 e. The van der Waals surface area contributed by atoms with Crippen molar-refractivity contribution in [2.24, 2.45) is 0 Å². The zero-order chi connectivity index (χ0) is 12.4. The van der Waals surface area contributed by atoms with Crippen LogP contribution >= 0.6 is 0 Å². The Morgan fingerprint density at radius 3 is 2.65 bits per heavy atom. The maximum absolute atomic E-state index is 6.01. The van der Waals surface area contributed by atoms with Crippen LogP contribution in [-0.4, -0.2) is 9.97 Å². The molecule has 90 valence electrons. The number of rotatable bonds is 3. The third kappa shape index (κ3) is 2.38. The van der Waals surface area contributed by atoms with Crippen molar-refractivity contribution in [3.63, 3.8) is 0 Å². The van der Waals surface area contributed by atoms with Crippen LogP contribution in [0.15, 0.2) is 18.2 Å². The quantitative estimate of drug-likeness (QED) is 0.878. The number of benzene rings is 1. The number of aromatic nitrogens is 2. The molecule has 2 N–H and O–H groups in total. The van der Waals surface area contributed by atoms with Crippen LogP contribution < -0.4 is 5.73 Å². The van der Waals surface area contributed by atoms with Crippen molar-refractivity contribution in [2.75, 3.05) is 5.73 Å². The Kier molecular flexibility index (Phi) is 3.27. The minimum absolute atomic E-state index is 0.303. The Morgan fingerprint density at radius 2 is 2.00 bits per heavy atom. The zero-order valence-corrected chi connectivity index (χ0v) is 10.7. The van der Waals surface area contributed by atoms with Crippen LogP contribution in [0.25, 0.3) is 10.9 Å². The number of hydrogen-bond donors (Lipinski definition) is 1. The summed E-state index contributed by atoms with van der Waals surface area (Å²) in [4.78, 5) is 8.91. The normalized spacial score (nSPS) is 11.3. The Balaban J connectivity index is 2.56. The predicted octanol–water partition coefficient (Wildman–Crippen LogP) is 3.29. The highest BCUT2D eigenvalue weighted by Crippen LogP contribution is 2.22. The molecule has 0 aliphatic rings. The van der Waals surface area contributed by atoms with Gasteiger partial charge in [0, 0.05) is 11.3 Å². The Morgan fingerprint density at radius 1 is 1.24 bits per heavy atom. The fourth-order valence-corrected chi connectivity index (χ4v) is 1.92. The Labute approximate surface area is 102 Å². The van der Waals surface area contributed by atoms with Gasteiger partial charge in [0.2, 0.25) is 0 Å². The number of aryl methyl sites for hydroxylation is 1. The number of fused-ring (bicyclic) bond motifs is 1. The minimum atomic E-state index is 0.303. The molecule has 0 amide bonds. The molecule has 1 aromatic carbocycles. The lowest BCUT2D eigenvalue weighted by Gasteiger charge is -2.09. The van der Waals surface area contributed by atoms with E-state index < -0.39 is 0 Å². The summed E-state index contributed by atoms with van der Waals surface area (Å²) >= 11 is 0. The molecule has 0 saturated heterocycles. The zero-order valence-electron chi connectivity index (χ0n) is 10.7. The fourth-order valence-electron chi connectivity index (χ4n) is 1.92. The first-order valence-corrected chi connectivity index (χ1v) is 6.18. The van der Waals surface area contributed by atoms with Crippen molar-refractivity contribution in [3.8, 4) is 0 Å². The monoisotopic (exact) mass is 229 g/mol. The van der Waals surface area contributed by atoms with Crippen molar-refractivity contribution >= 4 is 16.7 Å². The van der Waals surface area contributed by atoms with Crippen molar-refractivity contribution in [1.29, 1.82) is 0 Å². The van der Waals surface area contributed by atoms with Gasteiger partial charge in [-0.05, 0) is 24.1 Å². The molecule has 2 aromatic rings. The summed E-state index contributed by atoms with van der Waals surface area (Å²) in [6.07, 6.45) is 2.21. The van der Waals surface area contributed by atoms with Crippen LogP contribution in [0.4, 0.5) is 5.82 Å². The number of hydrogen-bond acceptors (Lipinski definition) is 3. The molecular formula is C14H19N3. The van der Waals surface area contributed by atoms with Gasteiger partial charge in [0.1, 0.15) is 11.6 Å². The molecule has 0 bridgehead atoms. The van der Waals surface area contributed by atoms with Gasteiger partial charge in [-0.2, -0.15) is 0 Å². The van der Waals surface area contributed by atoms with E-state index in [1.54, 1.807) is 0 Å². The van der Waals surface area contributed by atoms with E-state index >= 15 is 0 Å². The second-order valence-corrected chi connectivity index (χ2v) is 4.72. The van der Waals surface area contributed by atoms with Crippen LogP contribution in [0, 0.1) is 0 Å². The first kappa shape index (κ1) is 11.8. The molecule has 0 aliphatic carbocycles. The lowest BCUT2D eigenvalue weighted by molar-refractivity contribution is 0.785. The molecule has 17 heavy (non-hydrogen) atoms. The third-order valence-corrected chi connectivity index (χ3v) is 2.86. The molecule has 2 rings (SSSR count). The van der Waals surface area contributed by atoms with Crippen molar-refractivity contribution in [1.82, 2.24) is 9.97 Å². The van der Waals surface area contributed by atoms with Gasteiger partial charge in [-0.1, -0.05) is 33.3 Å². The van der Waals surface area contributed by atoms with Crippen LogP contribution in [-0.2, 0) is 6.42 Å². The van der Waals surface area contributed by atoms with Crippen molar-refractivity contribution in [3.05, 3.63) is 29.6 Å². The van der Waals surface area contributed by atoms with Gasteiger partial charge in [-0.25, -0.2) is 9.97 Å². The summed E-state index contributed by atoms with van der Waals surface area (Å²) in [7, 11) is 0. The van der Waals surface area contributed by atoms with Gasteiger partial charge in [-0.3, -0.25) is 0 Å². The molecule has 0 atom stereocenters. The van der Waals surface area contributed by atoms with E-state index in [4.69, 9.17) is 5.73 Å². The summed E-state index contributed by atoms with van der Waals surface area (Å²) in [5, 5.41) is 0.973. The van der Waals surface area contributed by atoms with E-state index in [1.807, 2.05) is 6.07 Å². The molecule has 0 radical (unpaired) electrons. The molecule has 1 heterocycles. The topological polar surface area (TPSA) is 51.8 Å². The SMILES string of the molecule is CCCc1ccc2nc(C(C)C)nc(N)c2c1. The molecule has 1 aromatic heterocycles. The molecule has 0 aliphatic heterocycles. The van der Waals surface area contributed by atoms with Gasteiger partial charge < -0.3 is 5.73 Å². The van der Waals surface area contributed by atoms with E-state index in [-0.39, 0.29) is 0 Å². The van der Waals surface area contributed by atoms with Gasteiger partial charge in [0.05, 0.1) is 5.52 Å². The third-order valence-electron chi connectivity index (χ3n) is 2.86. The smallest absolute Gasteiger partial charge is 0.135 e. The van der Waals surface area contributed by atoms with Crippen molar-refractivity contribution in [2.45, 2.75) is 39.5 Å². The van der Waals surface area contributed by atoms with Crippen LogP contribution in [0.5, 0.6) is 0 Å². The van der Waals surface area contributed by atoms with Gasteiger partial charge in [0.15, 0.2) is 0 Å². The summed E-state index contributed by atoms with van der Waals surface area (Å²) < 4.78 is 0. The summed E-state index contributed by atoms with van der Waals surface area (Å²) in [6, 6.07) is 6.28. The highest BCUT2D eigenvalue weighted by atomic mass is 14.9. The van der Waals surface area contributed by atoms with Crippen LogP contribution in [0.2, 0.25) is 0 Å². The maximum Gasteiger partial charge on any atom is 0.135 e. The fraction of sp³-hybridized carbons (Fsp3) is 0.429. The lowest BCUT2D eigenvalue weighted by atomic mass is 10.1. The molecule has 0 unspecified atom stereocenters. The van der Waals surface area contributed by atoms with E-state index in [0.29, 0.717) is 11.7 Å². The number of nitrogens with zero attached hydrogens (tertiary/aromatic N) is 2.